The number of ketones is 1. The van der Waals surface area contributed by atoms with Gasteiger partial charge in [0, 0.05) is 17.1 Å². The molecule has 0 saturated heterocycles. The summed E-state index contributed by atoms with van der Waals surface area (Å²) in [6.07, 6.45) is 3.90. The largest absolute Gasteiger partial charge is 0.356 e. The highest BCUT2D eigenvalue weighted by molar-refractivity contribution is 9.10. The predicted molar refractivity (Wildman–Crippen MR) is 58.6 cm³/mol. The van der Waals surface area contributed by atoms with E-state index in [0.29, 0.717) is 12.1 Å². The van der Waals surface area contributed by atoms with Gasteiger partial charge in [0.2, 0.25) is 0 Å². The van der Waals surface area contributed by atoms with Crippen molar-refractivity contribution in [3.63, 3.8) is 0 Å². The minimum Gasteiger partial charge on any atom is -0.356 e. The third-order valence-corrected chi connectivity index (χ3v) is 2.96. The summed E-state index contributed by atoms with van der Waals surface area (Å²) in [4.78, 5) is 25.8. The smallest absolute Gasteiger partial charge is 0.268 e. The summed E-state index contributed by atoms with van der Waals surface area (Å²) in [5.74, 6) is -0.0880. The van der Waals surface area contributed by atoms with Crippen LogP contribution >= 0.6 is 15.9 Å². The van der Waals surface area contributed by atoms with Gasteiger partial charge in [-0.2, -0.15) is 0 Å². The molecule has 0 radical (unpaired) electrons. The second-order valence-corrected chi connectivity index (χ2v) is 4.53. The van der Waals surface area contributed by atoms with Gasteiger partial charge in [-0.1, -0.05) is 0 Å². The first-order valence-corrected chi connectivity index (χ1v) is 5.63. The van der Waals surface area contributed by atoms with Crippen molar-refractivity contribution >= 4 is 27.6 Å². The van der Waals surface area contributed by atoms with Crippen LogP contribution < -0.4 is 5.32 Å². The summed E-state index contributed by atoms with van der Waals surface area (Å²) >= 11 is 3.25. The molecule has 0 aliphatic heterocycles. The lowest BCUT2D eigenvalue weighted by molar-refractivity contribution is -0.118. The molecule has 4 nitrogen and oxygen atoms in total. The number of hydrogen-bond donors (Lipinski definition) is 2. The number of amides is 1. The Balaban J connectivity index is 2.00. The maximum atomic E-state index is 11.6. The Hall–Kier alpha value is -1.10. The van der Waals surface area contributed by atoms with E-state index in [1.54, 1.807) is 12.3 Å². The molecule has 5 heteroatoms. The quantitative estimate of drug-likeness (QED) is 0.858. The Morgan fingerprint density at radius 1 is 1.60 bits per heavy atom. The average Bonchev–Trinajstić information content (AvgIpc) is 2.77. The molecule has 1 aromatic rings. The molecule has 0 spiro atoms. The van der Waals surface area contributed by atoms with E-state index in [-0.39, 0.29) is 17.7 Å². The van der Waals surface area contributed by atoms with Crippen LogP contribution in [0, 0.1) is 0 Å². The molecule has 1 aliphatic carbocycles. The Labute approximate surface area is 95.6 Å². The van der Waals surface area contributed by atoms with Gasteiger partial charge in [0.05, 0.1) is 6.04 Å². The second-order valence-electron chi connectivity index (χ2n) is 3.62. The lowest BCUT2D eigenvalue weighted by Crippen LogP contribution is -2.37. The summed E-state index contributed by atoms with van der Waals surface area (Å²) < 4.78 is 0.824. The summed E-state index contributed by atoms with van der Waals surface area (Å²) in [6.45, 7) is 0. The Kier molecular flexibility index (Phi) is 2.90. The number of H-pyrrole nitrogens is 1. The van der Waals surface area contributed by atoms with E-state index in [1.165, 1.54) is 0 Å². The number of Topliss-reactive ketones (excluding diaryl/α,β-unsaturated/α-hetero) is 1. The molecule has 0 bridgehead atoms. The second kappa shape index (κ2) is 4.18. The standard InChI is InChI=1S/C10H11BrN2O2/c11-6-4-8(12-5-6)10(15)13-7-2-1-3-9(7)14/h4-5,7,12H,1-3H2,(H,13,15). The van der Waals surface area contributed by atoms with Gasteiger partial charge in [-0.3, -0.25) is 9.59 Å². The molecule has 1 saturated carbocycles. The van der Waals surface area contributed by atoms with Crippen LogP contribution in [0.15, 0.2) is 16.7 Å². The van der Waals surface area contributed by atoms with E-state index in [9.17, 15) is 9.59 Å². The molecular formula is C10H11BrN2O2. The maximum absolute atomic E-state index is 11.6. The minimum absolute atomic E-state index is 0.133. The van der Waals surface area contributed by atoms with E-state index in [0.717, 1.165) is 17.3 Å². The van der Waals surface area contributed by atoms with Crippen LogP contribution in [0.3, 0.4) is 0 Å². The Bertz CT molecular complexity index is 400. The summed E-state index contributed by atoms with van der Waals surface area (Å²) in [5, 5.41) is 2.72. The van der Waals surface area contributed by atoms with Crippen molar-refractivity contribution in [3.05, 3.63) is 22.4 Å². The zero-order valence-corrected chi connectivity index (χ0v) is 9.63. The highest BCUT2D eigenvalue weighted by Gasteiger charge is 2.26. The minimum atomic E-state index is -0.292. The van der Waals surface area contributed by atoms with Crippen LogP contribution in [0.25, 0.3) is 0 Å². The molecule has 2 rings (SSSR count). The van der Waals surface area contributed by atoms with Crippen molar-refractivity contribution in [2.24, 2.45) is 0 Å². The van der Waals surface area contributed by atoms with Gasteiger partial charge in [-0.15, -0.1) is 0 Å². The number of nitrogens with one attached hydrogen (secondary N) is 2. The fourth-order valence-corrected chi connectivity index (χ4v) is 2.05. The van der Waals surface area contributed by atoms with Gasteiger partial charge < -0.3 is 10.3 Å². The zero-order valence-electron chi connectivity index (χ0n) is 8.05. The van der Waals surface area contributed by atoms with Crippen molar-refractivity contribution in [3.8, 4) is 0 Å². The fourth-order valence-electron chi connectivity index (χ4n) is 1.70. The van der Waals surface area contributed by atoms with Crippen molar-refractivity contribution in [2.45, 2.75) is 25.3 Å². The van der Waals surface area contributed by atoms with Crippen molar-refractivity contribution < 1.29 is 9.59 Å². The maximum Gasteiger partial charge on any atom is 0.268 e. The molecule has 1 amide bonds. The van der Waals surface area contributed by atoms with Crippen LogP contribution in [0.1, 0.15) is 29.8 Å². The van der Waals surface area contributed by atoms with Gasteiger partial charge in [0.15, 0.2) is 5.78 Å². The normalized spacial score (nSPS) is 20.6. The summed E-state index contributed by atoms with van der Waals surface area (Å²) in [6, 6.07) is 1.40. The van der Waals surface area contributed by atoms with Crippen molar-refractivity contribution in [1.29, 1.82) is 0 Å². The van der Waals surface area contributed by atoms with E-state index < -0.39 is 0 Å². The molecule has 1 unspecified atom stereocenters. The Morgan fingerprint density at radius 3 is 2.93 bits per heavy atom. The van der Waals surface area contributed by atoms with E-state index in [1.807, 2.05) is 0 Å². The molecule has 2 N–H and O–H groups in total. The molecule has 15 heavy (non-hydrogen) atoms. The van der Waals surface area contributed by atoms with E-state index >= 15 is 0 Å². The number of hydrogen-bond acceptors (Lipinski definition) is 2. The topological polar surface area (TPSA) is 62.0 Å². The molecule has 1 atom stereocenters. The number of rotatable bonds is 2. The van der Waals surface area contributed by atoms with E-state index in [2.05, 4.69) is 26.2 Å². The molecule has 1 fully saturated rings. The molecule has 80 valence electrons. The first kappa shape index (κ1) is 10.4. The van der Waals surface area contributed by atoms with Crippen LogP contribution in [0.5, 0.6) is 0 Å². The SMILES string of the molecule is O=C(NC1CCCC1=O)c1cc(Br)c[nH]1. The van der Waals surface area contributed by atoms with Gasteiger partial charge in [0.25, 0.3) is 5.91 Å². The van der Waals surface area contributed by atoms with Crippen LogP contribution in [0.2, 0.25) is 0 Å². The number of aromatic nitrogens is 1. The lowest BCUT2D eigenvalue weighted by Gasteiger charge is -2.09. The van der Waals surface area contributed by atoms with Crippen LogP contribution in [0.4, 0.5) is 0 Å². The Morgan fingerprint density at radius 2 is 2.40 bits per heavy atom. The zero-order chi connectivity index (χ0) is 10.8. The van der Waals surface area contributed by atoms with Crippen molar-refractivity contribution in [1.82, 2.24) is 10.3 Å². The third kappa shape index (κ3) is 2.28. The monoisotopic (exact) mass is 270 g/mol. The third-order valence-electron chi connectivity index (χ3n) is 2.50. The number of aromatic amines is 1. The van der Waals surface area contributed by atoms with Crippen molar-refractivity contribution in [2.75, 3.05) is 0 Å². The molecule has 1 aromatic heterocycles. The van der Waals surface area contributed by atoms with Gasteiger partial charge >= 0.3 is 0 Å². The molecule has 1 aliphatic rings. The molecular weight excluding hydrogens is 260 g/mol. The fraction of sp³-hybridized carbons (Fsp3) is 0.400. The van der Waals surface area contributed by atoms with E-state index in [4.69, 9.17) is 0 Å². The first-order chi connectivity index (χ1) is 7.16. The van der Waals surface area contributed by atoms with Crippen LogP contribution in [-0.2, 0) is 4.79 Å². The predicted octanol–water partition coefficient (Wildman–Crippen LogP) is 1.63. The average molecular weight is 271 g/mol. The highest BCUT2D eigenvalue weighted by Crippen LogP contribution is 2.15. The first-order valence-electron chi connectivity index (χ1n) is 4.84. The number of carbonyl (C=O) groups excluding carboxylic acids is 2. The number of halogens is 1. The van der Waals surface area contributed by atoms with Gasteiger partial charge in [-0.05, 0) is 34.8 Å². The summed E-state index contributed by atoms with van der Waals surface area (Å²) in [7, 11) is 0. The lowest BCUT2D eigenvalue weighted by atomic mass is 10.2. The molecule has 1 heterocycles. The van der Waals surface area contributed by atoms with Gasteiger partial charge in [0.1, 0.15) is 5.69 Å². The van der Waals surface area contributed by atoms with Crippen LogP contribution in [-0.4, -0.2) is 22.7 Å². The number of carbonyl (C=O) groups is 2. The molecule has 0 aromatic carbocycles. The van der Waals surface area contributed by atoms with Gasteiger partial charge in [-0.25, -0.2) is 0 Å². The highest BCUT2D eigenvalue weighted by atomic mass is 79.9. The summed E-state index contributed by atoms with van der Waals surface area (Å²) in [5.41, 5.74) is 0.474.